The fourth-order valence-corrected chi connectivity index (χ4v) is 3.72. The molecule has 1 nitrogen and oxygen atoms in total. The number of halogens is 6. The van der Waals surface area contributed by atoms with E-state index in [1.54, 1.807) is 0 Å². The number of rotatable bonds is 3. The fraction of sp³-hybridized carbons (Fsp3) is 0.0385. The van der Waals surface area contributed by atoms with Gasteiger partial charge < -0.3 is 0 Å². The molecule has 176 valence electrons. The molecule has 0 spiro atoms. The summed E-state index contributed by atoms with van der Waals surface area (Å²) in [5.74, 6) is 1.87. The molecule has 0 amide bonds. The number of hydrogen-bond acceptors (Lipinski definition) is 0. The van der Waals surface area contributed by atoms with Crippen molar-refractivity contribution in [3.05, 3.63) is 114 Å². The van der Waals surface area contributed by atoms with Crippen molar-refractivity contribution in [2.24, 2.45) is 0 Å². The molecular weight excluding hydrogens is 473 g/mol. The molecule has 1 aromatic heterocycles. The molecule has 3 aromatic carbocycles. The zero-order valence-electron chi connectivity index (χ0n) is 17.6. The first-order chi connectivity index (χ1) is 15.8. The van der Waals surface area contributed by atoms with Gasteiger partial charge in [0.15, 0.2) is 0 Å². The maximum atomic E-state index is 9.87. The summed E-state index contributed by atoms with van der Waals surface area (Å²) in [6.45, 7) is 0. The van der Waals surface area contributed by atoms with Crippen LogP contribution in [0.4, 0.5) is 25.2 Å². The zero-order valence-corrected chi connectivity index (χ0v) is 18.5. The van der Waals surface area contributed by atoms with Crippen molar-refractivity contribution in [1.29, 1.82) is 0 Å². The van der Waals surface area contributed by atoms with Gasteiger partial charge >= 0.3 is 44.5 Å². The van der Waals surface area contributed by atoms with Crippen molar-refractivity contribution in [2.75, 3.05) is 0 Å². The van der Waals surface area contributed by atoms with Gasteiger partial charge in [-0.1, -0.05) is 78.9 Å². The Kier molecular flexibility index (Phi) is 5.65. The van der Waals surface area contributed by atoms with E-state index in [-0.39, 0.29) is 0 Å². The molecule has 8 heteroatoms. The summed E-state index contributed by atoms with van der Waals surface area (Å²) in [5, 5.41) is 0. The van der Waals surface area contributed by atoms with Gasteiger partial charge in [-0.25, -0.2) is 4.42 Å². The second-order valence-electron chi connectivity index (χ2n) is 7.77. The van der Waals surface area contributed by atoms with E-state index < -0.39 is 7.81 Å². The quantitative estimate of drug-likeness (QED) is 0.157. The number of allylic oxidation sites excluding steroid dienone is 1. The van der Waals surface area contributed by atoms with E-state index in [4.69, 9.17) is 4.42 Å². The second-order valence-corrected chi connectivity index (χ2v) is 9.69. The van der Waals surface area contributed by atoms with Crippen LogP contribution in [0.15, 0.2) is 101 Å². The Labute approximate surface area is 192 Å². The van der Waals surface area contributed by atoms with Crippen molar-refractivity contribution in [2.45, 2.75) is 6.42 Å². The van der Waals surface area contributed by atoms with Crippen LogP contribution in [0, 0.1) is 0 Å². The van der Waals surface area contributed by atoms with Gasteiger partial charge in [0.1, 0.15) is 0 Å². The molecule has 4 aromatic rings. The van der Waals surface area contributed by atoms with Crippen LogP contribution in [-0.4, -0.2) is 0 Å². The summed E-state index contributed by atoms with van der Waals surface area (Å²) in [6.07, 6.45) is 3.09. The summed E-state index contributed by atoms with van der Waals surface area (Å²) in [6, 6.07) is 33.6. The monoisotopic (exact) mass is 492 g/mol. The van der Waals surface area contributed by atoms with Crippen LogP contribution in [0.1, 0.15) is 16.9 Å². The average molecular weight is 492 g/mol. The molecule has 1 aliphatic rings. The Morgan fingerprint density at radius 2 is 1.03 bits per heavy atom. The van der Waals surface area contributed by atoms with Crippen molar-refractivity contribution in [3.8, 4) is 22.5 Å². The summed E-state index contributed by atoms with van der Waals surface area (Å²) >= 11 is 0. The minimum atomic E-state index is -10.7. The Balaban J connectivity index is 0.000000344. The SMILES string of the molecule is C1=C(c2ccccc2)Cc2c(-c3ccccc3)cc(-c3ccccc3)[o+]c21.F[P-](F)(F)(F)(F)F. The predicted molar refractivity (Wildman–Crippen MR) is 126 cm³/mol. The molecule has 0 aliphatic heterocycles. The van der Waals surface area contributed by atoms with Gasteiger partial charge in [0.25, 0.3) is 0 Å². The minimum absolute atomic E-state index is 0.891. The molecule has 5 rings (SSSR count). The molecule has 0 saturated carbocycles. The molecule has 34 heavy (non-hydrogen) atoms. The third kappa shape index (κ3) is 6.78. The van der Waals surface area contributed by atoms with Crippen molar-refractivity contribution < 1.29 is 29.6 Å². The van der Waals surface area contributed by atoms with Crippen molar-refractivity contribution in [3.63, 3.8) is 0 Å². The Bertz CT molecular complexity index is 1320. The molecule has 0 N–H and O–H groups in total. The molecule has 1 aliphatic carbocycles. The summed E-state index contributed by atoms with van der Waals surface area (Å²) in [7, 11) is -10.7. The zero-order chi connectivity index (χ0) is 24.5. The molecule has 0 bridgehead atoms. The van der Waals surface area contributed by atoms with Crippen LogP contribution in [0.5, 0.6) is 0 Å². The summed E-state index contributed by atoms with van der Waals surface area (Å²) in [4.78, 5) is 0. The van der Waals surface area contributed by atoms with Gasteiger partial charge in [0.05, 0.1) is 17.2 Å². The molecule has 0 saturated heterocycles. The van der Waals surface area contributed by atoms with E-state index in [2.05, 4.69) is 84.9 Å². The Morgan fingerprint density at radius 3 is 1.53 bits per heavy atom. The molecule has 1 heterocycles. The molecular formula is C26H19F6OP. The van der Waals surface area contributed by atoms with Gasteiger partial charge in [0.2, 0.25) is 0 Å². The van der Waals surface area contributed by atoms with Crippen LogP contribution >= 0.6 is 7.81 Å². The normalized spacial score (nSPS) is 14.7. The van der Waals surface area contributed by atoms with E-state index in [0.717, 1.165) is 23.5 Å². The van der Waals surface area contributed by atoms with E-state index >= 15 is 0 Å². The van der Waals surface area contributed by atoms with E-state index in [9.17, 15) is 25.2 Å². The Hall–Kier alpha value is -3.44. The van der Waals surface area contributed by atoms with E-state index in [1.165, 1.54) is 27.8 Å². The van der Waals surface area contributed by atoms with Gasteiger partial charge in [-0.3, -0.25) is 0 Å². The fourth-order valence-electron chi connectivity index (χ4n) is 3.72. The van der Waals surface area contributed by atoms with Crippen LogP contribution < -0.4 is 0 Å². The third-order valence-corrected chi connectivity index (χ3v) is 5.08. The van der Waals surface area contributed by atoms with Crippen molar-refractivity contribution >= 4 is 19.5 Å². The van der Waals surface area contributed by atoms with E-state index in [0.29, 0.717) is 0 Å². The van der Waals surface area contributed by atoms with Gasteiger partial charge in [-0.05, 0) is 28.8 Å². The molecule has 0 radical (unpaired) electrons. The van der Waals surface area contributed by atoms with Crippen LogP contribution in [-0.2, 0) is 6.42 Å². The number of hydrogen-bond donors (Lipinski definition) is 0. The second kappa shape index (κ2) is 8.10. The summed E-state index contributed by atoms with van der Waals surface area (Å²) in [5.41, 5.74) is 7.39. The maximum absolute atomic E-state index is 10.7. The molecule has 0 fully saturated rings. The third-order valence-electron chi connectivity index (χ3n) is 5.08. The standard InChI is InChI=1S/C26H19O.F6P/c1-4-10-19(11-5-1)22-16-24-23(20-12-6-2-7-13-20)18-25(27-26(24)17-22)21-14-8-3-9-15-21;1-7(2,3,4,5)6/h1-15,17-18H,16H2;/q+1;-1. The van der Waals surface area contributed by atoms with E-state index in [1.807, 2.05) is 18.2 Å². The van der Waals surface area contributed by atoms with Gasteiger partial charge in [0, 0.05) is 18.1 Å². The van der Waals surface area contributed by atoms with Crippen LogP contribution in [0.25, 0.3) is 34.1 Å². The van der Waals surface area contributed by atoms with Crippen LogP contribution in [0.3, 0.4) is 0 Å². The van der Waals surface area contributed by atoms with Gasteiger partial charge in [-0.15, -0.1) is 0 Å². The topological polar surface area (TPSA) is 11.3 Å². The molecule has 0 atom stereocenters. The summed E-state index contributed by atoms with van der Waals surface area (Å²) < 4.78 is 65.5. The first-order valence-electron chi connectivity index (χ1n) is 10.3. The number of benzene rings is 3. The predicted octanol–water partition coefficient (Wildman–Crippen LogP) is 10.4. The van der Waals surface area contributed by atoms with Gasteiger partial charge in [-0.2, -0.15) is 0 Å². The first kappa shape index (κ1) is 23.7. The number of fused-ring (bicyclic) bond motifs is 1. The first-order valence-corrected chi connectivity index (χ1v) is 12.3. The van der Waals surface area contributed by atoms with Crippen LogP contribution in [0.2, 0.25) is 0 Å². The average Bonchev–Trinajstić information content (AvgIpc) is 3.22. The Morgan fingerprint density at radius 1 is 0.588 bits per heavy atom. The molecule has 0 unspecified atom stereocenters. The van der Waals surface area contributed by atoms with Crippen molar-refractivity contribution in [1.82, 2.24) is 0 Å².